The van der Waals surface area contributed by atoms with Crippen LogP contribution in [0.5, 0.6) is 0 Å². The molecule has 1 saturated carbocycles. The normalized spacial score (nSPS) is 31.9. The van der Waals surface area contributed by atoms with Crippen molar-refractivity contribution in [3.63, 3.8) is 0 Å². The molecule has 0 bridgehead atoms. The molecule has 17 heavy (non-hydrogen) atoms. The molecule has 92 valence electrons. The number of likely N-dealkylation sites (tertiary alicyclic amines) is 1. The van der Waals surface area contributed by atoms with E-state index in [0.717, 1.165) is 25.1 Å². The SMILES string of the molecule is CC(C)N1CC2CC2(c2ccc(F)c(F)c2)C1. The van der Waals surface area contributed by atoms with Crippen LogP contribution in [0.2, 0.25) is 0 Å². The Balaban J connectivity index is 1.88. The zero-order valence-electron chi connectivity index (χ0n) is 10.2. The fourth-order valence-electron chi connectivity index (χ4n) is 3.17. The monoisotopic (exact) mass is 237 g/mol. The molecule has 1 saturated heterocycles. The predicted octanol–water partition coefficient (Wildman–Crippen LogP) is 2.95. The maximum atomic E-state index is 13.3. The van der Waals surface area contributed by atoms with Crippen LogP contribution in [0.1, 0.15) is 25.8 Å². The molecule has 0 N–H and O–H groups in total. The maximum absolute atomic E-state index is 13.3. The lowest BCUT2D eigenvalue weighted by molar-refractivity contribution is 0.243. The standard InChI is InChI=1S/C14H17F2N/c1-9(2)17-7-11-6-14(11,8-17)10-3-4-12(15)13(16)5-10/h3-5,9,11H,6-8H2,1-2H3. The zero-order valence-corrected chi connectivity index (χ0v) is 10.2. The van der Waals surface area contributed by atoms with Gasteiger partial charge in [-0.15, -0.1) is 0 Å². The van der Waals surface area contributed by atoms with Crippen molar-refractivity contribution in [2.24, 2.45) is 5.92 Å². The van der Waals surface area contributed by atoms with Gasteiger partial charge in [0.1, 0.15) is 0 Å². The average Bonchev–Trinajstić information content (AvgIpc) is 2.85. The Labute approximate surface area is 100 Å². The first-order valence-corrected chi connectivity index (χ1v) is 6.22. The largest absolute Gasteiger partial charge is 0.300 e. The van der Waals surface area contributed by atoms with E-state index in [9.17, 15) is 8.78 Å². The third-order valence-electron chi connectivity index (χ3n) is 4.40. The number of piperidine rings is 1. The van der Waals surface area contributed by atoms with Gasteiger partial charge in [-0.1, -0.05) is 6.07 Å². The molecular formula is C14H17F2N. The van der Waals surface area contributed by atoms with Crippen LogP contribution in [0.25, 0.3) is 0 Å². The van der Waals surface area contributed by atoms with Gasteiger partial charge in [0.25, 0.3) is 0 Å². The van der Waals surface area contributed by atoms with E-state index < -0.39 is 11.6 Å². The highest BCUT2D eigenvalue weighted by molar-refractivity contribution is 5.37. The minimum absolute atomic E-state index is 0.110. The molecule has 0 aromatic heterocycles. The van der Waals surface area contributed by atoms with Crippen LogP contribution in [0.3, 0.4) is 0 Å². The highest BCUT2D eigenvalue weighted by Crippen LogP contribution is 2.59. The molecule has 1 aliphatic heterocycles. The molecule has 3 heteroatoms. The summed E-state index contributed by atoms with van der Waals surface area (Å²) in [6.45, 7) is 6.45. The molecule has 2 fully saturated rings. The summed E-state index contributed by atoms with van der Waals surface area (Å²) in [5, 5.41) is 0. The van der Waals surface area contributed by atoms with Crippen molar-refractivity contribution in [1.82, 2.24) is 4.90 Å². The fraction of sp³-hybridized carbons (Fsp3) is 0.571. The van der Waals surface area contributed by atoms with E-state index in [1.54, 1.807) is 6.07 Å². The molecule has 1 heterocycles. The predicted molar refractivity (Wildman–Crippen MR) is 62.9 cm³/mol. The van der Waals surface area contributed by atoms with Crippen LogP contribution in [-0.4, -0.2) is 24.0 Å². The highest BCUT2D eigenvalue weighted by atomic mass is 19.2. The molecule has 2 unspecified atom stereocenters. The molecule has 2 atom stereocenters. The lowest BCUT2D eigenvalue weighted by Gasteiger charge is -2.24. The number of benzene rings is 1. The Hall–Kier alpha value is -0.960. The van der Waals surface area contributed by atoms with Gasteiger partial charge in [0.15, 0.2) is 11.6 Å². The van der Waals surface area contributed by atoms with Gasteiger partial charge in [0.05, 0.1) is 0 Å². The number of rotatable bonds is 2. The van der Waals surface area contributed by atoms with Gasteiger partial charge in [0, 0.05) is 24.5 Å². The van der Waals surface area contributed by atoms with Crippen molar-refractivity contribution in [2.75, 3.05) is 13.1 Å². The number of halogens is 2. The summed E-state index contributed by atoms with van der Waals surface area (Å²) >= 11 is 0. The van der Waals surface area contributed by atoms with E-state index in [4.69, 9.17) is 0 Å². The summed E-state index contributed by atoms with van der Waals surface area (Å²) in [5.41, 5.74) is 1.09. The lowest BCUT2D eigenvalue weighted by atomic mass is 9.95. The van der Waals surface area contributed by atoms with Gasteiger partial charge in [-0.25, -0.2) is 8.78 Å². The van der Waals surface area contributed by atoms with Crippen molar-refractivity contribution in [3.05, 3.63) is 35.4 Å². The first-order valence-electron chi connectivity index (χ1n) is 6.22. The zero-order chi connectivity index (χ0) is 12.2. The molecular weight excluding hydrogens is 220 g/mol. The second-order valence-electron chi connectivity index (χ2n) is 5.71. The second-order valence-corrected chi connectivity index (χ2v) is 5.71. The maximum Gasteiger partial charge on any atom is 0.159 e. The molecule has 1 aliphatic carbocycles. The summed E-state index contributed by atoms with van der Waals surface area (Å²) in [5.74, 6) is -0.832. The van der Waals surface area contributed by atoms with Gasteiger partial charge in [0.2, 0.25) is 0 Å². The number of hydrogen-bond acceptors (Lipinski definition) is 1. The van der Waals surface area contributed by atoms with Crippen molar-refractivity contribution in [3.8, 4) is 0 Å². The lowest BCUT2D eigenvalue weighted by Crippen LogP contribution is -2.32. The Morgan fingerprint density at radius 2 is 2.06 bits per heavy atom. The van der Waals surface area contributed by atoms with Crippen molar-refractivity contribution in [1.29, 1.82) is 0 Å². The Kier molecular flexibility index (Phi) is 2.31. The summed E-state index contributed by atoms with van der Waals surface area (Å²) in [6.07, 6.45) is 1.13. The molecule has 0 radical (unpaired) electrons. The van der Waals surface area contributed by atoms with Gasteiger partial charge in [-0.05, 0) is 43.9 Å². The third kappa shape index (κ3) is 1.60. The molecule has 1 aromatic rings. The van der Waals surface area contributed by atoms with E-state index in [-0.39, 0.29) is 5.41 Å². The minimum Gasteiger partial charge on any atom is -0.300 e. The topological polar surface area (TPSA) is 3.24 Å². The van der Waals surface area contributed by atoms with Crippen LogP contribution >= 0.6 is 0 Å². The van der Waals surface area contributed by atoms with E-state index in [1.165, 1.54) is 12.1 Å². The van der Waals surface area contributed by atoms with Gasteiger partial charge in [-0.2, -0.15) is 0 Å². The van der Waals surface area contributed by atoms with Gasteiger partial charge < -0.3 is 0 Å². The summed E-state index contributed by atoms with van der Waals surface area (Å²) in [4.78, 5) is 2.43. The van der Waals surface area contributed by atoms with Crippen LogP contribution in [0.15, 0.2) is 18.2 Å². The van der Waals surface area contributed by atoms with Crippen molar-refractivity contribution >= 4 is 0 Å². The Morgan fingerprint density at radius 3 is 2.65 bits per heavy atom. The molecule has 0 amide bonds. The first-order chi connectivity index (χ1) is 8.03. The quantitative estimate of drug-likeness (QED) is 0.764. The van der Waals surface area contributed by atoms with Crippen molar-refractivity contribution in [2.45, 2.75) is 31.7 Å². The van der Waals surface area contributed by atoms with E-state index in [1.807, 2.05) is 0 Å². The van der Waals surface area contributed by atoms with E-state index in [0.29, 0.717) is 12.0 Å². The van der Waals surface area contributed by atoms with Crippen LogP contribution in [0.4, 0.5) is 8.78 Å². The van der Waals surface area contributed by atoms with E-state index >= 15 is 0 Å². The first kappa shape index (κ1) is 11.1. The van der Waals surface area contributed by atoms with Crippen LogP contribution < -0.4 is 0 Å². The highest BCUT2D eigenvalue weighted by Gasteiger charge is 2.60. The molecule has 1 aromatic carbocycles. The third-order valence-corrected chi connectivity index (χ3v) is 4.40. The molecule has 2 aliphatic rings. The Morgan fingerprint density at radius 1 is 1.29 bits per heavy atom. The summed E-state index contributed by atoms with van der Waals surface area (Å²) < 4.78 is 26.2. The number of hydrogen-bond donors (Lipinski definition) is 0. The Bertz CT molecular complexity index is 458. The molecule has 1 nitrogen and oxygen atoms in total. The van der Waals surface area contributed by atoms with Gasteiger partial charge >= 0.3 is 0 Å². The molecule has 0 spiro atoms. The van der Waals surface area contributed by atoms with Gasteiger partial charge in [-0.3, -0.25) is 4.90 Å². The van der Waals surface area contributed by atoms with E-state index in [2.05, 4.69) is 18.7 Å². The molecule has 3 rings (SSSR count). The number of fused-ring (bicyclic) bond motifs is 1. The average molecular weight is 237 g/mol. The fourth-order valence-corrected chi connectivity index (χ4v) is 3.17. The van der Waals surface area contributed by atoms with Crippen LogP contribution in [0, 0.1) is 17.6 Å². The van der Waals surface area contributed by atoms with Crippen LogP contribution in [-0.2, 0) is 5.41 Å². The number of nitrogens with zero attached hydrogens (tertiary/aromatic N) is 1. The minimum atomic E-state index is -0.749. The van der Waals surface area contributed by atoms with Crippen molar-refractivity contribution < 1.29 is 8.78 Å². The summed E-state index contributed by atoms with van der Waals surface area (Å²) in [6, 6.07) is 4.93. The smallest absolute Gasteiger partial charge is 0.159 e. The second kappa shape index (κ2) is 3.52. The summed E-state index contributed by atoms with van der Waals surface area (Å²) in [7, 11) is 0.